The molecule has 8 nitrogen and oxygen atoms in total. The lowest BCUT2D eigenvalue weighted by Gasteiger charge is -2.37. The molecule has 1 aromatic heterocycles. The maximum absolute atomic E-state index is 12.6. The van der Waals surface area contributed by atoms with E-state index in [1.807, 2.05) is 28.0 Å². The molecule has 2 aromatic rings. The summed E-state index contributed by atoms with van der Waals surface area (Å²) in [5, 5.41) is 0. The van der Waals surface area contributed by atoms with Crippen LogP contribution >= 0.6 is 0 Å². The van der Waals surface area contributed by atoms with Gasteiger partial charge in [0.25, 0.3) is 0 Å². The highest BCUT2D eigenvalue weighted by Crippen LogP contribution is 2.25. The number of carbonyl (C=O) groups excluding carboxylic acids is 2. The number of carbonyl (C=O) groups is 2. The van der Waals surface area contributed by atoms with Crippen LogP contribution in [0.1, 0.15) is 32.6 Å². The molecule has 0 N–H and O–H groups in total. The van der Waals surface area contributed by atoms with Crippen molar-refractivity contribution in [1.29, 1.82) is 0 Å². The number of hydrogen-bond donors (Lipinski definition) is 0. The Balaban J connectivity index is 1.34. The minimum absolute atomic E-state index is 0.0201. The predicted octanol–water partition coefficient (Wildman–Crippen LogP) is 2.21. The lowest BCUT2D eigenvalue weighted by Crippen LogP contribution is -2.49. The second-order valence-corrected chi connectivity index (χ2v) is 7.40. The fourth-order valence-electron chi connectivity index (χ4n) is 4.22. The first-order chi connectivity index (χ1) is 13.6. The number of aromatic nitrogens is 1. The first-order valence-electron chi connectivity index (χ1n) is 9.89. The highest BCUT2D eigenvalue weighted by molar-refractivity contribution is 5.77. The monoisotopic (exact) mass is 387 g/mol. The molecule has 4 rings (SSSR count). The molecule has 1 atom stereocenters. The Hall–Kier alpha value is -2.77. The Kier molecular flexibility index (Phi) is 5.11. The number of likely N-dealkylation sites (tertiary alicyclic amines) is 1. The van der Waals surface area contributed by atoms with Crippen LogP contribution in [-0.2, 0) is 16.1 Å². The SMILES string of the molecule is CCC1COC(=O)N1C1CCN(C(=O)CCn2c(=O)oc3ccccc32)CC1. The van der Waals surface area contributed by atoms with Crippen LogP contribution in [-0.4, -0.2) is 58.1 Å². The molecule has 2 saturated heterocycles. The van der Waals surface area contributed by atoms with Gasteiger partial charge in [-0.05, 0) is 31.4 Å². The summed E-state index contributed by atoms with van der Waals surface area (Å²) >= 11 is 0. The number of aryl methyl sites for hydroxylation is 1. The van der Waals surface area contributed by atoms with Crippen molar-refractivity contribution in [3.63, 3.8) is 0 Å². The molecule has 1 unspecified atom stereocenters. The van der Waals surface area contributed by atoms with Gasteiger partial charge in [0.05, 0.1) is 11.6 Å². The zero-order valence-corrected chi connectivity index (χ0v) is 16.0. The number of para-hydroxylation sites is 2. The van der Waals surface area contributed by atoms with Gasteiger partial charge in [0.1, 0.15) is 6.61 Å². The van der Waals surface area contributed by atoms with E-state index in [2.05, 4.69) is 6.92 Å². The van der Waals surface area contributed by atoms with Crippen molar-refractivity contribution < 1.29 is 18.7 Å². The van der Waals surface area contributed by atoms with E-state index in [0.717, 1.165) is 19.3 Å². The molecule has 0 aliphatic carbocycles. The third-order valence-electron chi connectivity index (χ3n) is 5.81. The summed E-state index contributed by atoms with van der Waals surface area (Å²) in [6.45, 7) is 4.04. The topological polar surface area (TPSA) is 85.0 Å². The summed E-state index contributed by atoms with van der Waals surface area (Å²) < 4.78 is 11.9. The van der Waals surface area contributed by atoms with Crippen molar-refractivity contribution in [2.75, 3.05) is 19.7 Å². The predicted molar refractivity (Wildman–Crippen MR) is 102 cm³/mol. The fourth-order valence-corrected chi connectivity index (χ4v) is 4.22. The van der Waals surface area contributed by atoms with Crippen molar-refractivity contribution in [2.24, 2.45) is 0 Å². The highest BCUT2D eigenvalue weighted by Gasteiger charge is 2.38. The molecule has 3 heterocycles. The van der Waals surface area contributed by atoms with E-state index >= 15 is 0 Å². The van der Waals surface area contributed by atoms with E-state index in [4.69, 9.17) is 9.15 Å². The number of benzene rings is 1. The number of hydrogen-bond acceptors (Lipinski definition) is 5. The van der Waals surface area contributed by atoms with E-state index in [-0.39, 0.29) is 30.5 Å². The smallest absolute Gasteiger partial charge is 0.419 e. The molecule has 0 radical (unpaired) electrons. The number of fused-ring (bicyclic) bond motifs is 1. The molecule has 1 aromatic carbocycles. The molecule has 0 bridgehead atoms. The number of ether oxygens (including phenoxy) is 1. The Bertz CT molecular complexity index is 925. The quantitative estimate of drug-likeness (QED) is 0.785. The molecule has 0 saturated carbocycles. The van der Waals surface area contributed by atoms with E-state index in [1.54, 1.807) is 6.07 Å². The van der Waals surface area contributed by atoms with Gasteiger partial charge in [-0.1, -0.05) is 19.1 Å². The molecule has 2 fully saturated rings. The molecule has 2 aliphatic heterocycles. The average molecular weight is 387 g/mol. The summed E-state index contributed by atoms with van der Waals surface area (Å²) in [6.07, 6.45) is 2.40. The molecule has 150 valence electrons. The maximum Gasteiger partial charge on any atom is 0.419 e. The number of cyclic esters (lactones) is 1. The van der Waals surface area contributed by atoms with Crippen molar-refractivity contribution in [2.45, 2.75) is 51.2 Å². The minimum atomic E-state index is -0.439. The molecule has 2 aliphatic rings. The van der Waals surface area contributed by atoms with Crippen LogP contribution < -0.4 is 5.76 Å². The largest absolute Gasteiger partial charge is 0.447 e. The summed E-state index contributed by atoms with van der Waals surface area (Å²) in [5.74, 6) is -0.419. The minimum Gasteiger partial charge on any atom is -0.447 e. The molecule has 8 heteroatoms. The van der Waals surface area contributed by atoms with Crippen LogP contribution in [0.4, 0.5) is 4.79 Å². The van der Waals surface area contributed by atoms with E-state index < -0.39 is 5.76 Å². The number of nitrogens with zero attached hydrogens (tertiary/aromatic N) is 3. The molecule has 28 heavy (non-hydrogen) atoms. The third kappa shape index (κ3) is 3.39. The van der Waals surface area contributed by atoms with Gasteiger partial charge in [-0.3, -0.25) is 14.3 Å². The van der Waals surface area contributed by atoms with Crippen molar-refractivity contribution in [3.8, 4) is 0 Å². The van der Waals surface area contributed by atoms with Crippen LogP contribution in [0, 0.1) is 0 Å². The van der Waals surface area contributed by atoms with Crippen molar-refractivity contribution in [3.05, 3.63) is 34.8 Å². The van der Waals surface area contributed by atoms with Gasteiger partial charge in [0.2, 0.25) is 5.91 Å². The normalized spacial score (nSPS) is 20.8. The summed E-state index contributed by atoms with van der Waals surface area (Å²) in [7, 11) is 0. The number of rotatable bonds is 5. The van der Waals surface area contributed by atoms with Crippen LogP contribution in [0.3, 0.4) is 0 Å². The van der Waals surface area contributed by atoms with Crippen LogP contribution in [0.25, 0.3) is 11.1 Å². The second-order valence-electron chi connectivity index (χ2n) is 7.40. The van der Waals surface area contributed by atoms with Crippen molar-refractivity contribution in [1.82, 2.24) is 14.4 Å². The lowest BCUT2D eigenvalue weighted by molar-refractivity contribution is -0.132. The van der Waals surface area contributed by atoms with Gasteiger partial charge >= 0.3 is 11.8 Å². The summed E-state index contributed by atoms with van der Waals surface area (Å²) in [4.78, 5) is 40.4. The third-order valence-corrected chi connectivity index (χ3v) is 5.81. The Morgan fingerprint density at radius 2 is 1.93 bits per heavy atom. The van der Waals surface area contributed by atoms with Gasteiger partial charge in [0, 0.05) is 32.1 Å². The van der Waals surface area contributed by atoms with Crippen LogP contribution in [0.5, 0.6) is 0 Å². The fraction of sp³-hybridized carbons (Fsp3) is 0.550. The maximum atomic E-state index is 12.6. The van der Waals surface area contributed by atoms with E-state index in [1.165, 1.54) is 4.57 Å². The second kappa shape index (κ2) is 7.69. The summed E-state index contributed by atoms with van der Waals surface area (Å²) in [6, 6.07) is 7.48. The van der Waals surface area contributed by atoms with Gasteiger partial charge in [-0.2, -0.15) is 0 Å². The Labute approximate surface area is 162 Å². The molecular weight excluding hydrogens is 362 g/mol. The van der Waals surface area contributed by atoms with Gasteiger partial charge < -0.3 is 14.1 Å². The summed E-state index contributed by atoms with van der Waals surface area (Å²) in [5.41, 5.74) is 1.24. The first kappa shape index (κ1) is 18.6. The van der Waals surface area contributed by atoms with Gasteiger partial charge in [0.15, 0.2) is 5.58 Å². The Morgan fingerprint density at radius 3 is 2.68 bits per heavy atom. The van der Waals surface area contributed by atoms with Gasteiger partial charge in [-0.25, -0.2) is 9.59 Å². The Morgan fingerprint density at radius 1 is 1.18 bits per heavy atom. The van der Waals surface area contributed by atoms with Crippen molar-refractivity contribution >= 4 is 23.1 Å². The molecule has 2 amide bonds. The molecule has 0 spiro atoms. The van der Waals surface area contributed by atoms with E-state index in [9.17, 15) is 14.4 Å². The van der Waals surface area contributed by atoms with Crippen LogP contribution in [0.2, 0.25) is 0 Å². The van der Waals surface area contributed by atoms with Gasteiger partial charge in [-0.15, -0.1) is 0 Å². The van der Waals surface area contributed by atoms with Crippen LogP contribution in [0.15, 0.2) is 33.5 Å². The standard InChI is InChI=1S/C20H25N3O5/c1-2-14-13-27-20(26)23(14)15-7-10-21(11-8-15)18(24)9-12-22-16-5-3-4-6-17(16)28-19(22)25/h3-6,14-15H,2,7-13H2,1H3. The first-order valence-corrected chi connectivity index (χ1v) is 9.89. The zero-order chi connectivity index (χ0) is 19.7. The zero-order valence-electron chi connectivity index (χ0n) is 16.0. The number of piperidine rings is 1. The average Bonchev–Trinajstić information content (AvgIpc) is 3.25. The number of amides is 2. The molecular formula is C20H25N3O5. The lowest BCUT2D eigenvalue weighted by atomic mass is 10.0. The highest BCUT2D eigenvalue weighted by atomic mass is 16.6. The van der Waals surface area contributed by atoms with E-state index in [0.29, 0.717) is 37.3 Å². The number of oxazole rings is 1.